The van der Waals surface area contributed by atoms with Crippen molar-refractivity contribution in [3.05, 3.63) is 94.5 Å². The minimum atomic E-state index is -0.783. The molecular formula is C26H22F3N3O2. The summed E-state index contributed by atoms with van der Waals surface area (Å²) >= 11 is 0. The Morgan fingerprint density at radius 1 is 0.971 bits per heavy atom. The fourth-order valence-electron chi connectivity index (χ4n) is 4.28. The summed E-state index contributed by atoms with van der Waals surface area (Å²) in [5, 5.41) is 0. The molecule has 1 aliphatic rings. The van der Waals surface area contributed by atoms with Gasteiger partial charge in [-0.15, -0.1) is 0 Å². The first-order chi connectivity index (χ1) is 16.4. The van der Waals surface area contributed by atoms with Crippen LogP contribution in [0.25, 0.3) is 28.3 Å². The third-order valence-electron chi connectivity index (χ3n) is 6.18. The molecule has 3 heterocycles. The number of para-hydroxylation sites is 1. The molecule has 0 saturated carbocycles. The van der Waals surface area contributed by atoms with E-state index in [1.54, 1.807) is 12.1 Å². The van der Waals surface area contributed by atoms with Crippen LogP contribution in [-0.4, -0.2) is 34.6 Å². The molecule has 5 rings (SSSR count). The molecule has 4 aromatic rings. The number of oxazole rings is 1. The van der Waals surface area contributed by atoms with E-state index in [0.29, 0.717) is 17.1 Å². The van der Waals surface area contributed by atoms with Gasteiger partial charge in [0.2, 0.25) is 0 Å². The van der Waals surface area contributed by atoms with Crippen LogP contribution in [-0.2, 0) is 0 Å². The highest BCUT2D eigenvalue weighted by Gasteiger charge is 2.27. The number of halogens is 3. The minimum absolute atomic E-state index is 0.0460. The SMILES string of the molecule is CN1CCC(c2nc(-c3ccc(=O)n(-c4ccccc4F)c3)c(-c3ccc(F)cc3F)o2)CC1. The number of hydrogen-bond acceptors (Lipinski definition) is 4. The lowest BCUT2D eigenvalue weighted by Gasteiger charge is -2.26. The first-order valence-electron chi connectivity index (χ1n) is 11.0. The normalized spacial score (nSPS) is 15.1. The van der Waals surface area contributed by atoms with Crippen molar-refractivity contribution in [2.45, 2.75) is 18.8 Å². The second-order valence-corrected chi connectivity index (χ2v) is 8.51. The van der Waals surface area contributed by atoms with Crippen LogP contribution in [0.1, 0.15) is 24.7 Å². The predicted molar refractivity (Wildman–Crippen MR) is 122 cm³/mol. The van der Waals surface area contributed by atoms with E-state index in [4.69, 9.17) is 9.40 Å². The third kappa shape index (κ3) is 4.17. The zero-order chi connectivity index (χ0) is 23.8. The quantitative estimate of drug-likeness (QED) is 0.406. The highest BCUT2D eigenvalue weighted by Crippen LogP contribution is 2.38. The molecule has 0 radical (unpaired) electrons. The Kier molecular flexibility index (Phi) is 5.83. The molecule has 5 nitrogen and oxygen atoms in total. The maximum atomic E-state index is 14.8. The van der Waals surface area contributed by atoms with Gasteiger partial charge in [-0.1, -0.05) is 12.1 Å². The number of piperidine rings is 1. The summed E-state index contributed by atoms with van der Waals surface area (Å²) in [6.07, 6.45) is 3.12. The fourth-order valence-corrected chi connectivity index (χ4v) is 4.28. The highest BCUT2D eigenvalue weighted by atomic mass is 19.1. The second kappa shape index (κ2) is 8.95. The molecule has 0 aliphatic carbocycles. The van der Waals surface area contributed by atoms with Gasteiger partial charge in [-0.2, -0.15) is 0 Å². The van der Waals surface area contributed by atoms with Crippen molar-refractivity contribution in [2.75, 3.05) is 20.1 Å². The molecule has 0 spiro atoms. The summed E-state index contributed by atoms with van der Waals surface area (Å²) < 4.78 is 50.0. The molecule has 34 heavy (non-hydrogen) atoms. The lowest BCUT2D eigenvalue weighted by molar-refractivity contribution is 0.238. The van der Waals surface area contributed by atoms with Crippen molar-refractivity contribution in [2.24, 2.45) is 0 Å². The number of rotatable bonds is 4. The van der Waals surface area contributed by atoms with Gasteiger partial charge in [-0.05, 0) is 63.3 Å². The van der Waals surface area contributed by atoms with Crippen molar-refractivity contribution < 1.29 is 17.6 Å². The van der Waals surface area contributed by atoms with Gasteiger partial charge >= 0.3 is 0 Å². The summed E-state index contributed by atoms with van der Waals surface area (Å²) in [7, 11) is 2.04. The van der Waals surface area contributed by atoms with Gasteiger partial charge in [-0.3, -0.25) is 9.36 Å². The molecule has 0 amide bonds. The average molecular weight is 465 g/mol. The number of benzene rings is 2. The second-order valence-electron chi connectivity index (χ2n) is 8.51. The Morgan fingerprint density at radius 2 is 1.74 bits per heavy atom. The Hall–Kier alpha value is -3.65. The van der Waals surface area contributed by atoms with Gasteiger partial charge < -0.3 is 9.32 Å². The summed E-state index contributed by atoms with van der Waals surface area (Å²) in [5.41, 5.74) is 0.478. The van der Waals surface area contributed by atoms with Crippen LogP contribution >= 0.6 is 0 Å². The summed E-state index contributed by atoms with van der Waals surface area (Å²) in [6.45, 7) is 1.75. The minimum Gasteiger partial charge on any atom is -0.440 e. The smallest absolute Gasteiger partial charge is 0.255 e. The average Bonchev–Trinajstić information content (AvgIpc) is 3.25. The van der Waals surface area contributed by atoms with Crippen LogP contribution in [0.2, 0.25) is 0 Å². The van der Waals surface area contributed by atoms with E-state index in [1.807, 2.05) is 7.05 Å². The van der Waals surface area contributed by atoms with Crippen LogP contribution in [0.3, 0.4) is 0 Å². The van der Waals surface area contributed by atoms with E-state index in [9.17, 15) is 18.0 Å². The molecule has 0 atom stereocenters. The van der Waals surface area contributed by atoms with Crippen LogP contribution in [0.4, 0.5) is 13.2 Å². The lowest BCUT2D eigenvalue weighted by atomic mass is 9.97. The molecule has 0 N–H and O–H groups in total. The Balaban J connectivity index is 1.67. The molecule has 8 heteroatoms. The van der Waals surface area contributed by atoms with Crippen molar-refractivity contribution in [3.8, 4) is 28.3 Å². The maximum absolute atomic E-state index is 14.8. The predicted octanol–water partition coefficient (Wildman–Crippen LogP) is 5.39. The molecule has 0 unspecified atom stereocenters. The van der Waals surface area contributed by atoms with E-state index in [2.05, 4.69) is 4.90 Å². The van der Waals surface area contributed by atoms with Crippen LogP contribution in [0, 0.1) is 17.5 Å². The zero-order valence-corrected chi connectivity index (χ0v) is 18.5. The van der Waals surface area contributed by atoms with Crippen LogP contribution in [0.15, 0.2) is 70.0 Å². The number of nitrogens with zero attached hydrogens (tertiary/aromatic N) is 3. The van der Waals surface area contributed by atoms with E-state index >= 15 is 0 Å². The van der Waals surface area contributed by atoms with E-state index in [0.717, 1.165) is 38.1 Å². The van der Waals surface area contributed by atoms with Crippen LogP contribution in [0.5, 0.6) is 0 Å². The van der Waals surface area contributed by atoms with Gasteiger partial charge in [0.05, 0.1) is 11.3 Å². The molecule has 0 bridgehead atoms. The number of hydrogen-bond donors (Lipinski definition) is 0. The molecule has 1 fully saturated rings. The summed E-state index contributed by atoms with van der Waals surface area (Å²) in [4.78, 5) is 19.4. The van der Waals surface area contributed by atoms with Crippen molar-refractivity contribution in [1.29, 1.82) is 0 Å². The van der Waals surface area contributed by atoms with Crippen molar-refractivity contribution in [3.63, 3.8) is 0 Å². The topological polar surface area (TPSA) is 51.3 Å². The Labute approximate surface area is 194 Å². The molecule has 174 valence electrons. The first kappa shape index (κ1) is 22.2. The van der Waals surface area contributed by atoms with Gasteiger partial charge in [0.25, 0.3) is 5.56 Å². The van der Waals surface area contributed by atoms with Gasteiger partial charge in [-0.25, -0.2) is 18.2 Å². The third-order valence-corrected chi connectivity index (χ3v) is 6.18. The largest absolute Gasteiger partial charge is 0.440 e. The van der Waals surface area contributed by atoms with E-state index in [-0.39, 0.29) is 22.9 Å². The van der Waals surface area contributed by atoms with Crippen LogP contribution < -0.4 is 5.56 Å². The van der Waals surface area contributed by atoms with Gasteiger partial charge in [0, 0.05) is 29.8 Å². The van der Waals surface area contributed by atoms with Gasteiger partial charge in [0.15, 0.2) is 11.7 Å². The molecule has 1 aliphatic heterocycles. The van der Waals surface area contributed by atoms with E-state index < -0.39 is 23.0 Å². The number of likely N-dealkylation sites (tertiary alicyclic amines) is 1. The van der Waals surface area contributed by atoms with Crippen molar-refractivity contribution >= 4 is 0 Å². The molecule has 2 aromatic carbocycles. The molecule has 1 saturated heterocycles. The lowest BCUT2D eigenvalue weighted by Crippen LogP contribution is -2.29. The van der Waals surface area contributed by atoms with E-state index in [1.165, 1.54) is 41.1 Å². The maximum Gasteiger partial charge on any atom is 0.255 e. The van der Waals surface area contributed by atoms with Gasteiger partial charge in [0.1, 0.15) is 23.1 Å². The highest BCUT2D eigenvalue weighted by molar-refractivity contribution is 5.77. The summed E-state index contributed by atoms with van der Waals surface area (Å²) in [6, 6.07) is 12.0. The Bertz CT molecular complexity index is 1400. The number of pyridine rings is 1. The number of aromatic nitrogens is 2. The fraction of sp³-hybridized carbons (Fsp3) is 0.231. The summed E-state index contributed by atoms with van der Waals surface area (Å²) in [5.74, 6) is -1.39. The Morgan fingerprint density at radius 3 is 2.47 bits per heavy atom. The molecular weight excluding hydrogens is 443 g/mol. The standard InChI is InChI=1S/C26H22F3N3O2/c1-31-12-10-16(11-13-31)26-30-24(25(34-26)19-8-7-18(27)14-21(19)29)17-6-9-23(33)32(15-17)22-5-3-2-4-20(22)28/h2-9,14-16H,10-13H2,1H3. The first-order valence-corrected chi connectivity index (χ1v) is 11.0. The zero-order valence-electron chi connectivity index (χ0n) is 18.5. The molecule has 2 aromatic heterocycles. The monoisotopic (exact) mass is 465 g/mol. The van der Waals surface area contributed by atoms with Crippen molar-refractivity contribution in [1.82, 2.24) is 14.5 Å².